The number of nitrogens with one attached hydrogen (secondary N) is 1. The van der Waals surface area contributed by atoms with Crippen LogP contribution in [0, 0.1) is 0 Å². The summed E-state index contributed by atoms with van der Waals surface area (Å²) in [6.45, 7) is 0.196. The second-order valence-electron chi connectivity index (χ2n) is 8.25. The number of nitrogens with two attached hydrogens (primary N) is 1. The van der Waals surface area contributed by atoms with Crippen molar-refractivity contribution in [2.75, 3.05) is 19.7 Å². The van der Waals surface area contributed by atoms with Crippen molar-refractivity contribution in [1.29, 1.82) is 0 Å². The van der Waals surface area contributed by atoms with Crippen LogP contribution >= 0.6 is 0 Å². The molecule has 33 heavy (non-hydrogen) atoms. The average Bonchev–Trinajstić information content (AvgIpc) is 3.04. The molecule has 10 heteroatoms. The fourth-order valence-electron chi connectivity index (χ4n) is 4.15. The van der Waals surface area contributed by atoms with Crippen molar-refractivity contribution >= 4 is 17.7 Å². The number of nitrogens with zero attached hydrogens (tertiary/aromatic N) is 2. The van der Waals surface area contributed by atoms with Gasteiger partial charge in [-0.25, -0.2) is 18.6 Å². The van der Waals surface area contributed by atoms with Crippen LogP contribution < -0.4 is 15.8 Å². The Hall–Kier alpha value is -3.40. The van der Waals surface area contributed by atoms with Crippen LogP contribution in [0.1, 0.15) is 36.0 Å². The SMILES string of the molecule is NCCOc1ncccc1-c1ccc(C(=O)CN2C(=O)NC3(CCC(F)(F)CC3)C2=O)cc1. The summed E-state index contributed by atoms with van der Waals surface area (Å²) in [5.41, 5.74) is 5.95. The maximum Gasteiger partial charge on any atom is 0.325 e. The molecule has 1 saturated heterocycles. The van der Waals surface area contributed by atoms with Gasteiger partial charge in [-0.05, 0) is 30.5 Å². The molecule has 4 rings (SSSR count). The summed E-state index contributed by atoms with van der Waals surface area (Å²) < 4.78 is 32.6. The molecule has 1 aliphatic carbocycles. The molecule has 0 radical (unpaired) electrons. The summed E-state index contributed by atoms with van der Waals surface area (Å²) in [6, 6.07) is 9.48. The summed E-state index contributed by atoms with van der Waals surface area (Å²) in [6.07, 6.45) is 0.347. The first-order valence-corrected chi connectivity index (χ1v) is 10.7. The number of benzene rings is 1. The Balaban J connectivity index is 1.46. The summed E-state index contributed by atoms with van der Waals surface area (Å²) in [7, 11) is 0. The van der Waals surface area contributed by atoms with Crippen LogP contribution in [-0.4, -0.2) is 58.8 Å². The molecule has 0 bridgehead atoms. The molecule has 2 aliphatic rings. The lowest BCUT2D eigenvalue weighted by atomic mass is 9.80. The minimum atomic E-state index is -2.84. The third-order valence-corrected chi connectivity index (χ3v) is 6.03. The van der Waals surface area contributed by atoms with Crippen molar-refractivity contribution < 1.29 is 27.9 Å². The molecule has 3 amide bonds. The lowest BCUT2D eigenvalue weighted by Gasteiger charge is -2.34. The van der Waals surface area contributed by atoms with E-state index in [0.717, 1.165) is 16.0 Å². The smallest absolute Gasteiger partial charge is 0.325 e. The van der Waals surface area contributed by atoms with Crippen LogP contribution in [0.3, 0.4) is 0 Å². The summed E-state index contributed by atoms with van der Waals surface area (Å²) >= 11 is 0. The van der Waals surface area contributed by atoms with Crippen molar-refractivity contribution in [2.24, 2.45) is 5.73 Å². The number of ketones is 1. The highest BCUT2D eigenvalue weighted by Gasteiger charge is 2.55. The highest BCUT2D eigenvalue weighted by atomic mass is 19.3. The molecule has 1 aromatic heterocycles. The molecule has 2 heterocycles. The molecule has 174 valence electrons. The molecule has 0 atom stereocenters. The van der Waals surface area contributed by atoms with Gasteiger partial charge in [0.2, 0.25) is 11.8 Å². The summed E-state index contributed by atoms with van der Waals surface area (Å²) in [4.78, 5) is 43.0. The minimum Gasteiger partial charge on any atom is -0.476 e. The largest absolute Gasteiger partial charge is 0.476 e. The van der Waals surface area contributed by atoms with E-state index in [9.17, 15) is 23.2 Å². The minimum absolute atomic E-state index is 0.149. The Morgan fingerprint density at radius 2 is 1.82 bits per heavy atom. The molecule has 2 fully saturated rings. The number of alkyl halides is 2. The number of ether oxygens (including phenoxy) is 1. The van der Waals surface area contributed by atoms with E-state index >= 15 is 0 Å². The third-order valence-electron chi connectivity index (χ3n) is 6.03. The topological polar surface area (TPSA) is 115 Å². The lowest BCUT2D eigenvalue weighted by molar-refractivity contribution is -0.135. The number of urea groups is 1. The van der Waals surface area contributed by atoms with Gasteiger partial charge in [0.15, 0.2) is 5.78 Å². The average molecular weight is 458 g/mol. The van der Waals surface area contributed by atoms with Crippen molar-refractivity contribution in [3.8, 4) is 17.0 Å². The van der Waals surface area contributed by atoms with Gasteiger partial charge in [0.1, 0.15) is 12.1 Å². The molecule has 1 aliphatic heterocycles. The predicted molar refractivity (Wildman–Crippen MR) is 115 cm³/mol. The zero-order chi connectivity index (χ0) is 23.6. The number of aromatic nitrogens is 1. The number of hydrogen-bond donors (Lipinski definition) is 2. The van der Waals surface area contributed by atoms with Crippen molar-refractivity contribution in [3.63, 3.8) is 0 Å². The highest BCUT2D eigenvalue weighted by Crippen LogP contribution is 2.41. The summed E-state index contributed by atoms with van der Waals surface area (Å²) in [5.74, 6) is -3.48. The van der Waals surface area contributed by atoms with Crippen LogP contribution in [0.25, 0.3) is 11.1 Å². The van der Waals surface area contributed by atoms with Crippen molar-refractivity contribution in [2.45, 2.75) is 37.1 Å². The van der Waals surface area contributed by atoms with Gasteiger partial charge in [0.05, 0.1) is 6.54 Å². The van der Waals surface area contributed by atoms with Gasteiger partial charge in [-0.1, -0.05) is 24.3 Å². The van der Waals surface area contributed by atoms with Gasteiger partial charge in [0.25, 0.3) is 5.91 Å². The lowest BCUT2D eigenvalue weighted by Crippen LogP contribution is -2.51. The number of imide groups is 1. The number of halogens is 2. The number of carbonyl (C=O) groups is 3. The Morgan fingerprint density at radius 1 is 1.12 bits per heavy atom. The molecule has 2 aromatic rings. The zero-order valence-corrected chi connectivity index (χ0v) is 17.9. The Morgan fingerprint density at radius 3 is 2.48 bits per heavy atom. The highest BCUT2D eigenvalue weighted by molar-refractivity contribution is 6.11. The maximum atomic E-state index is 13.5. The fourth-order valence-corrected chi connectivity index (χ4v) is 4.15. The number of hydrogen-bond acceptors (Lipinski definition) is 6. The first kappa shape index (κ1) is 22.8. The van der Waals surface area contributed by atoms with Gasteiger partial charge in [0, 0.05) is 36.7 Å². The third kappa shape index (κ3) is 4.56. The second kappa shape index (κ2) is 8.86. The molecule has 1 aromatic carbocycles. The molecule has 3 N–H and O–H groups in total. The van der Waals surface area contributed by atoms with Crippen LogP contribution in [0.2, 0.25) is 0 Å². The molecule has 8 nitrogen and oxygen atoms in total. The van der Waals surface area contributed by atoms with Crippen molar-refractivity contribution in [3.05, 3.63) is 48.2 Å². The van der Waals surface area contributed by atoms with E-state index in [-0.39, 0.29) is 12.8 Å². The normalized spacial score (nSPS) is 18.9. The van der Waals surface area contributed by atoms with Crippen LogP contribution in [0.5, 0.6) is 5.88 Å². The standard InChI is InChI=1S/C23H24F2N4O4/c24-23(25)9-7-22(8-10-23)20(31)29(21(32)28-22)14-18(30)16-5-3-15(4-6-16)17-2-1-12-27-19(17)33-13-11-26/h1-6,12H,7-11,13-14,26H2,(H,28,32). The second-order valence-corrected chi connectivity index (χ2v) is 8.25. The first-order chi connectivity index (χ1) is 15.7. The Bertz CT molecular complexity index is 1060. The van der Waals surface area contributed by atoms with E-state index < -0.39 is 48.6 Å². The van der Waals surface area contributed by atoms with Crippen molar-refractivity contribution in [1.82, 2.24) is 15.2 Å². The van der Waals surface area contributed by atoms with E-state index in [0.29, 0.717) is 24.6 Å². The predicted octanol–water partition coefficient (Wildman–Crippen LogP) is 2.77. The van der Waals surface area contributed by atoms with Gasteiger partial charge >= 0.3 is 6.03 Å². The first-order valence-electron chi connectivity index (χ1n) is 10.7. The fraction of sp³-hybridized carbons (Fsp3) is 0.391. The van der Waals surface area contributed by atoms with Gasteiger partial charge in [-0.2, -0.15) is 0 Å². The molecular weight excluding hydrogens is 434 g/mol. The van der Waals surface area contributed by atoms with Gasteiger partial charge < -0.3 is 15.8 Å². The van der Waals surface area contributed by atoms with Gasteiger partial charge in [-0.15, -0.1) is 0 Å². The Labute approximate surface area is 189 Å². The molecule has 1 spiro atoms. The number of Topliss-reactive ketones (excluding diaryl/α,β-unsaturated/α-hetero) is 1. The number of carbonyl (C=O) groups excluding carboxylic acids is 3. The Kier molecular flexibility index (Phi) is 6.11. The van der Waals surface area contributed by atoms with Crippen LogP contribution in [-0.2, 0) is 4.79 Å². The van der Waals surface area contributed by atoms with E-state index in [1.807, 2.05) is 6.07 Å². The van der Waals surface area contributed by atoms with E-state index in [1.165, 1.54) is 0 Å². The zero-order valence-electron chi connectivity index (χ0n) is 17.9. The molecular formula is C23H24F2N4O4. The number of amides is 3. The van der Waals surface area contributed by atoms with Crippen LogP contribution in [0.4, 0.5) is 13.6 Å². The number of rotatable bonds is 7. The quantitative estimate of drug-likeness (QED) is 0.487. The maximum absolute atomic E-state index is 13.5. The van der Waals surface area contributed by atoms with E-state index in [1.54, 1.807) is 36.5 Å². The molecule has 1 saturated carbocycles. The van der Waals surface area contributed by atoms with Crippen LogP contribution in [0.15, 0.2) is 42.6 Å². The molecule has 0 unspecified atom stereocenters. The number of pyridine rings is 1. The van der Waals surface area contributed by atoms with Gasteiger partial charge in [-0.3, -0.25) is 14.5 Å². The van der Waals surface area contributed by atoms with E-state index in [4.69, 9.17) is 10.5 Å². The summed E-state index contributed by atoms with van der Waals surface area (Å²) in [5, 5.41) is 2.54. The van der Waals surface area contributed by atoms with E-state index in [2.05, 4.69) is 10.3 Å². The monoisotopic (exact) mass is 458 g/mol.